The van der Waals surface area contributed by atoms with Crippen LogP contribution in [0.2, 0.25) is 0 Å². The molecule has 100 valence electrons. The Bertz CT molecular complexity index is 562. The van der Waals surface area contributed by atoms with Gasteiger partial charge in [-0.05, 0) is 49.6 Å². The first kappa shape index (κ1) is 12.6. The lowest BCUT2D eigenvalue weighted by molar-refractivity contribution is 0.709. The van der Waals surface area contributed by atoms with Crippen LogP contribution in [-0.4, -0.2) is 9.97 Å². The predicted molar refractivity (Wildman–Crippen MR) is 79.7 cm³/mol. The van der Waals surface area contributed by atoms with Crippen LogP contribution in [0, 0.1) is 6.92 Å². The van der Waals surface area contributed by atoms with E-state index in [-0.39, 0.29) is 0 Å². The van der Waals surface area contributed by atoms with E-state index in [9.17, 15) is 0 Å². The van der Waals surface area contributed by atoms with Crippen molar-refractivity contribution in [3.8, 4) is 0 Å². The SMILES string of the molecule is Cc1ccsc1CNc1ncnc2c1CCCCC2. The molecule has 0 atom stereocenters. The van der Waals surface area contributed by atoms with Crippen molar-refractivity contribution in [3.05, 3.63) is 39.5 Å². The Labute approximate surface area is 118 Å². The molecule has 0 fully saturated rings. The molecular weight excluding hydrogens is 254 g/mol. The van der Waals surface area contributed by atoms with Crippen molar-refractivity contribution in [1.82, 2.24) is 9.97 Å². The van der Waals surface area contributed by atoms with E-state index in [1.54, 1.807) is 17.7 Å². The lowest BCUT2D eigenvalue weighted by atomic mass is 10.1. The molecule has 0 saturated heterocycles. The fourth-order valence-corrected chi connectivity index (χ4v) is 3.45. The Morgan fingerprint density at radius 2 is 2.11 bits per heavy atom. The van der Waals surface area contributed by atoms with Gasteiger partial charge < -0.3 is 5.32 Å². The molecule has 0 amide bonds. The van der Waals surface area contributed by atoms with Crippen LogP contribution >= 0.6 is 11.3 Å². The van der Waals surface area contributed by atoms with Gasteiger partial charge >= 0.3 is 0 Å². The summed E-state index contributed by atoms with van der Waals surface area (Å²) in [5.74, 6) is 1.04. The summed E-state index contributed by atoms with van der Waals surface area (Å²) >= 11 is 1.80. The van der Waals surface area contributed by atoms with Crippen LogP contribution in [0.15, 0.2) is 17.8 Å². The second-order valence-electron chi connectivity index (χ2n) is 5.09. The van der Waals surface area contributed by atoms with E-state index in [2.05, 4.69) is 33.7 Å². The zero-order valence-electron chi connectivity index (χ0n) is 11.3. The number of hydrogen-bond acceptors (Lipinski definition) is 4. The van der Waals surface area contributed by atoms with Crippen molar-refractivity contribution in [2.75, 3.05) is 5.32 Å². The average molecular weight is 273 g/mol. The molecule has 0 radical (unpaired) electrons. The van der Waals surface area contributed by atoms with Gasteiger partial charge in [-0.15, -0.1) is 11.3 Å². The minimum Gasteiger partial charge on any atom is -0.365 e. The van der Waals surface area contributed by atoms with Gasteiger partial charge in [-0.2, -0.15) is 0 Å². The van der Waals surface area contributed by atoms with Crippen molar-refractivity contribution in [3.63, 3.8) is 0 Å². The maximum absolute atomic E-state index is 4.45. The molecular formula is C15H19N3S. The van der Waals surface area contributed by atoms with Gasteiger partial charge in [0.1, 0.15) is 12.1 Å². The van der Waals surface area contributed by atoms with E-state index < -0.39 is 0 Å². The van der Waals surface area contributed by atoms with E-state index in [0.717, 1.165) is 25.2 Å². The first-order valence-corrected chi connectivity index (χ1v) is 7.82. The van der Waals surface area contributed by atoms with Crippen LogP contribution in [0.1, 0.15) is 41.0 Å². The van der Waals surface area contributed by atoms with E-state index in [1.165, 1.54) is 41.0 Å². The number of fused-ring (bicyclic) bond motifs is 1. The van der Waals surface area contributed by atoms with Crippen LogP contribution in [0.25, 0.3) is 0 Å². The third-order valence-corrected chi connectivity index (χ3v) is 4.78. The van der Waals surface area contributed by atoms with Gasteiger partial charge in [-0.3, -0.25) is 0 Å². The van der Waals surface area contributed by atoms with Gasteiger partial charge in [0.05, 0.1) is 6.54 Å². The lowest BCUT2D eigenvalue weighted by Gasteiger charge is -2.12. The Morgan fingerprint density at radius 1 is 1.21 bits per heavy atom. The van der Waals surface area contributed by atoms with Crippen LogP contribution in [0.4, 0.5) is 5.82 Å². The molecule has 2 aromatic rings. The molecule has 2 aromatic heterocycles. The monoisotopic (exact) mass is 273 g/mol. The first-order chi connectivity index (χ1) is 9.34. The third-order valence-electron chi connectivity index (χ3n) is 3.76. The average Bonchev–Trinajstić information content (AvgIpc) is 2.69. The van der Waals surface area contributed by atoms with Gasteiger partial charge in [0.15, 0.2) is 0 Å². The predicted octanol–water partition coefficient (Wildman–Crippen LogP) is 3.73. The quantitative estimate of drug-likeness (QED) is 0.866. The van der Waals surface area contributed by atoms with Crippen LogP contribution in [0.3, 0.4) is 0 Å². The van der Waals surface area contributed by atoms with E-state index in [1.807, 2.05) is 0 Å². The molecule has 0 spiro atoms. The highest BCUT2D eigenvalue weighted by molar-refractivity contribution is 7.10. The van der Waals surface area contributed by atoms with E-state index in [4.69, 9.17) is 0 Å². The Morgan fingerprint density at radius 3 is 2.95 bits per heavy atom. The second kappa shape index (κ2) is 5.70. The lowest BCUT2D eigenvalue weighted by Crippen LogP contribution is -2.07. The second-order valence-corrected chi connectivity index (χ2v) is 6.09. The molecule has 1 aliphatic rings. The fourth-order valence-electron chi connectivity index (χ4n) is 2.60. The number of anilines is 1. The summed E-state index contributed by atoms with van der Waals surface area (Å²) in [6.45, 7) is 3.03. The van der Waals surface area contributed by atoms with Gasteiger partial charge in [0.2, 0.25) is 0 Å². The number of aromatic nitrogens is 2. The van der Waals surface area contributed by atoms with Gasteiger partial charge in [-0.25, -0.2) is 9.97 Å². The van der Waals surface area contributed by atoms with Crippen molar-refractivity contribution < 1.29 is 0 Å². The molecule has 2 heterocycles. The molecule has 1 N–H and O–H groups in total. The summed E-state index contributed by atoms with van der Waals surface area (Å²) in [5, 5.41) is 5.65. The smallest absolute Gasteiger partial charge is 0.133 e. The molecule has 3 rings (SSSR count). The van der Waals surface area contributed by atoms with Crippen molar-refractivity contribution in [2.24, 2.45) is 0 Å². The van der Waals surface area contributed by atoms with Crippen LogP contribution < -0.4 is 5.32 Å². The van der Waals surface area contributed by atoms with Crippen LogP contribution in [-0.2, 0) is 19.4 Å². The Kier molecular flexibility index (Phi) is 3.78. The standard InChI is InChI=1S/C15H19N3S/c1-11-7-8-19-14(11)9-16-15-12-5-3-2-4-6-13(12)17-10-18-15/h7-8,10H,2-6,9H2,1H3,(H,16,17,18). The van der Waals surface area contributed by atoms with Gasteiger partial charge in [-0.1, -0.05) is 6.42 Å². The fraction of sp³-hybridized carbons (Fsp3) is 0.467. The largest absolute Gasteiger partial charge is 0.365 e. The van der Waals surface area contributed by atoms with E-state index in [0.29, 0.717) is 0 Å². The summed E-state index contributed by atoms with van der Waals surface area (Å²) in [5.41, 5.74) is 3.95. The Balaban J connectivity index is 1.79. The van der Waals surface area contributed by atoms with Gasteiger partial charge in [0.25, 0.3) is 0 Å². The maximum atomic E-state index is 4.45. The van der Waals surface area contributed by atoms with Crippen LogP contribution in [0.5, 0.6) is 0 Å². The molecule has 0 aliphatic heterocycles. The summed E-state index contributed by atoms with van der Waals surface area (Å²) in [7, 11) is 0. The number of nitrogens with zero attached hydrogens (tertiary/aromatic N) is 2. The summed E-state index contributed by atoms with van der Waals surface area (Å²) < 4.78 is 0. The van der Waals surface area contributed by atoms with Gasteiger partial charge in [0, 0.05) is 16.1 Å². The molecule has 0 bridgehead atoms. The highest BCUT2D eigenvalue weighted by atomic mass is 32.1. The molecule has 0 saturated carbocycles. The number of hydrogen-bond donors (Lipinski definition) is 1. The number of rotatable bonds is 3. The van der Waals surface area contributed by atoms with Crippen molar-refractivity contribution in [1.29, 1.82) is 0 Å². The zero-order chi connectivity index (χ0) is 13.1. The summed E-state index contributed by atoms with van der Waals surface area (Å²) in [4.78, 5) is 10.3. The topological polar surface area (TPSA) is 37.8 Å². The highest BCUT2D eigenvalue weighted by Crippen LogP contribution is 2.25. The van der Waals surface area contributed by atoms with E-state index >= 15 is 0 Å². The highest BCUT2D eigenvalue weighted by Gasteiger charge is 2.14. The maximum Gasteiger partial charge on any atom is 0.133 e. The Hall–Kier alpha value is -1.42. The molecule has 0 aromatic carbocycles. The number of nitrogens with one attached hydrogen (secondary N) is 1. The normalized spacial score (nSPS) is 14.8. The summed E-state index contributed by atoms with van der Waals surface area (Å²) in [6.07, 6.45) is 7.74. The minimum absolute atomic E-state index is 0.868. The number of thiophene rings is 1. The molecule has 3 nitrogen and oxygen atoms in total. The zero-order valence-corrected chi connectivity index (χ0v) is 12.1. The minimum atomic E-state index is 0.868. The molecule has 0 unspecified atom stereocenters. The molecule has 4 heteroatoms. The molecule has 19 heavy (non-hydrogen) atoms. The number of aryl methyl sites for hydroxylation is 2. The third kappa shape index (κ3) is 2.78. The van der Waals surface area contributed by atoms with Crippen molar-refractivity contribution in [2.45, 2.75) is 45.6 Å². The molecule has 1 aliphatic carbocycles. The summed E-state index contributed by atoms with van der Waals surface area (Å²) in [6, 6.07) is 2.17. The van der Waals surface area contributed by atoms with Crippen molar-refractivity contribution >= 4 is 17.2 Å². The first-order valence-electron chi connectivity index (χ1n) is 6.94.